The van der Waals surface area contributed by atoms with Crippen LogP contribution in [0.1, 0.15) is 10.4 Å². The van der Waals surface area contributed by atoms with Gasteiger partial charge in [0.2, 0.25) is 0 Å². The van der Waals surface area contributed by atoms with Crippen LogP contribution in [0, 0.1) is 3.57 Å². The summed E-state index contributed by atoms with van der Waals surface area (Å²) in [4.78, 5) is 15.9. The summed E-state index contributed by atoms with van der Waals surface area (Å²) in [6.45, 7) is 0. The summed E-state index contributed by atoms with van der Waals surface area (Å²) in [6.07, 6.45) is 1.41. The standard InChI is InChI=1S/C12H10ClIN4O/c13-10-5-7(6-16-11(10)18-15)12(19)17-9-3-1-8(14)2-4-9/h1-6H,15H2,(H,16,18)(H,17,19). The van der Waals surface area contributed by atoms with Crippen molar-refractivity contribution in [2.45, 2.75) is 0 Å². The molecule has 1 aromatic heterocycles. The SMILES string of the molecule is NNc1ncc(C(=O)Nc2ccc(I)cc2)cc1Cl. The van der Waals surface area contributed by atoms with Crippen molar-refractivity contribution >= 4 is 51.6 Å². The molecule has 0 aliphatic heterocycles. The van der Waals surface area contributed by atoms with E-state index in [1.165, 1.54) is 12.3 Å². The van der Waals surface area contributed by atoms with Gasteiger partial charge in [0.15, 0.2) is 5.82 Å². The Morgan fingerprint density at radius 3 is 2.58 bits per heavy atom. The number of amides is 1. The summed E-state index contributed by atoms with van der Waals surface area (Å²) in [6, 6.07) is 8.96. The Balaban J connectivity index is 2.16. The van der Waals surface area contributed by atoms with E-state index in [0.29, 0.717) is 17.1 Å². The minimum Gasteiger partial charge on any atom is -0.322 e. The summed E-state index contributed by atoms with van der Waals surface area (Å²) >= 11 is 8.11. The number of carbonyl (C=O) groups excluding carboxylic acids is 1. The van der Waals surface area contributed by atoms with E-state index in [1.807, 2.05) is 24.3 Å². The summed E-state index contributed by atoms with van der Waals surface area (Å²) in [7, 11) is 0. The van der Waals surface area contributed by atoms with Gasteiger partial charge >= 0.3 is 0 Å². The molecule has 0 bridgehead atoms. The number of nitrogens with two attached hydrogens (primary N) is 1. The fraction of sp³-hybridized carbons (Fsp3) is 0. The van der Waals surface area contributed by atoms with E-state index in [0.717, 1.165) is 3.57 Å². The fourth-order valence-electron chi connectivity index (χ4n) is 1.40. The highest BCUT2D eigenvalue weighted by molar-refractivity contribution is 14.1. The zero-order valence-electron chi connectivity index (χ0n) is 9.65. The number of nitrogens with one attached hydrogen (secondary N) is 2. The van der Waals surface area contributed by atoms with Crippen molar-refractivity contribution in [2.75, 3.05) is 10.7 Å². The lowest BCUT2D eigenvalue weighted by molar-refractivity contribution is 0.102. The highest BCUT2D eigenvalue weighted by atomic mass is 127. The molecular formula is C12H10ClIN4O. The van der Waals surface area contributed by atoms with Gasteiger partial charge in [-0.2, -0.15) is 0 Å². The zero-order valence-corrected chi connectivity index (χ0v) is 12.6. The molecule has 0 radical (unpaired) electrons. The normalized spacial score (nSPS) is 10.1. The monoisotopic (exact) mass is 388 g/mol. The van der Waals surface area contributed by atoms with E-state index in [2.05, 4.69) is 38.3 Å². The molecule has 19 heavy (non-hydrogen) atoms. The molecule has 4 N–H and O–H groups in total. The van der Waals surface area contributed by atoms with Crippen LogP contribution in [-0.2, 0) is 0 Å². The predicted molar refractivity (Wildman–Crippen MR) is 84.2 cm³/mol. The average Bonchev–Trinajstić information content (AvgIpc) is 2.41. The maximum atomic E-state index is 12.0. The molecule has 0 aliphatic rings. The zero-order chi connectivity index (χ0) is 13.8. The van der Waals surface area contributed by atoms with E-state index in [-0.39, 0.29) is 10.9 Å². The third-order valence-electron chi connectivity index (χ3n) is 2.34. The number of halogens is 2. The van der Waals surface area contributed by atoms with Crippen LogP contribution >= 0.6 is 34.2 Å². The smallest absolute Gasteiger partial charge is 0.257 e. The van der Waals surface area contributed by atoms with Gasteiger partial charge in [0.25, 0.3) is 5.91 Å². The van der Waals surface area contributed by atoms with E-state index in [9.17, 15) is 4.79 Å². The number of anilines is 2. The number of rotatable bonds is 3. The Labute approximate surface area is 128 Å². The minimum absolute atomic E-state index is 0.279. The second-order valence-electron chi connectivity index (χ2n) is 3.66. The van der Waals surface area contributed by atoms with Crippen molar-refractivity contribution in [1.29, 1.82) is 0 Å². The Bertz CT molecular complexity index is 603. The molecule has 1 heterocycles. The lowest BCUT2D eigenvalue weighted by Crippen LogP contribution is -2.14. The van der Waals surface area contributed by atoms with Gasteiger partial charge < -0.3 is 10.7 Å². The van der Waals surface area contributed by atoms with Gasteiger partial charge in [0, 0.05) is 15.5 Å². The average molecular weight is 389 g/mol. The molecule has 0 saturated carbocycles. The van der Waals surface area contributed by atoms with Gasteiger partial charge in [-0.25, -0.2) is 10.8 Å². The first-order valence-electron chi connectivity index (χ1n) is 5.29. The Kier molecular flexibility index (Phi) is 4.56. The fourth-order valence-corrected chi connectivity index (χ4v) is 1.99. The molecule has 2 aromatic rings. The molecule has 7 heteroatoms. The third kappa shape index (κ3) is 3.55. The first-order chi connectivity index (χ1) is 9.10. The molecule has 0 spiro atoms. The molecule has 1 aromatic carbocycles. The van der Waals surface area contributed by atoms with Crippen molar-refractivity contribution in [2.24, 2.45) is 5.84 Å². The second kappa shape index (κ2) is 6.18. The number of aromatic nitrogens is 1. The lowest BCUT2D eigenvalue weighted by atomic mass is 10.2. The Morgan fingerprint density at radius 2 is 2.00 bits per heavy atom. The minimum atomic E-state index is -0.279. The quantitative estimate of drug-likeness (QED) is 0.429. The van der Waals surface area contributed by atoms with Gasteiger partial charge in [0.1, 0.15) is 0 Å². The van der Waals surface area contributed by atoms with Gasteiger partial charge in [-0.15, -0.1) is 0 Å². The van der Waals surface area contributed by atoms with E-state index in [4.69, 9.17) is 17.4 Å². The summed E-state index contributed by atoms with van der Waals surface area (Å²) in [5.41, 5.74) is 3.42. The molecule has 5 nitrogen and oxygen atoms in total. The molecular weight excluding hydrogens is 379 g/mol. The maximum absolute atomic E-state index is 12.0. The first-order valence-corrected chi connectivity index (χ1v) is 6.75. The Hall–Kier alpha value is -1.38. The predicted octanol–water partition coefficient (Wildman–Crippen LogP) is 2.88. The van der Waals surface area contributed by atoms with Gasteiger partial charge in [-0.1, -0.05) is 11.6 Å². The number of hydrazine groups is 1. The van der Waals surface area contributed by atoms with Crippen LogP contribution in [0.15, 0.2) is 36.5 Å². The first kappa shape index (κ1) is 14.0. The van der Waals surface area contributed by atoms with Crippen LogP contribution in [0.5, 0.6) is 0 Å². The van der Waals surface area contributed by atoms with E-state index >= 15 is 0 Å². The van der Waals surface area contributed by atoms with Crippen molar-refractivity contribution < 1.29 is 4.79 Å². The number of benzene rings is 1. The summed E-state index contributed by atoms with van der Waals surface area (Å²) in [5.74, 6) is 5.26. The van der Waals surface area contributed by atoms with Crippen molar-refractivity contribution in [1.82, 2.24) is 4.98 Å². The van der Waals surface area contributed by atoms with Gasteiger partial charge in [-0.3, -0.25) is 4.79 Å². The van der Waals surface area contributed by atoms with E-state index in [1.54, 1.807) is 0 Å². The van der Waals surface area contributed by atoms with Crippen LogP contribution in [0.4, 0.5) is 11.5 Å². The van der Waals surface area contributed by atoms with Gasteiger partial charge in [0.05, 0.1) is 10.6 Å². The van der Waals surface area contributed by atoms with Crippen LogP contribution in [0.3, 0.4) is 0 Å². The van der Waals surface area contributed by atoms with Crippen molar-refractivity contribution in [3.05, 3.63) is 50.7 Å². The summed E-state index contributed by atoms with van der Waals surface area (Å²) < 4.78 is 1.10. The van der Waals surface area contributed by atoms with Crippen LogP contribution in [-0.4, -0.2) is 10.9 Å². The maximum Gasteiger partial charge on any atom is 0.257 e. The lowest BCUT2D eigenvalue weighted by Gasteiger charge is -2.07. The molecule has 0 unspecified atom stereocenters. The molecule has 0 aliphatic carbocycles. The molecule has 0 atom stereocenters. The molecule has 1 amide bonds. The van der Waals surface area contributed by atoms with Crippen LogP contribution in [0.2, 0.25) is 5.02 Å². The number of nitrogen functional groups attached to an aromatic ring is 1. The second-order valence-corrected chi connectivity index (χ2v) is 5.31. The third-order valence-corrected chi connectivity index (χ3v) is 3.35. The number of hydrogen-bond acceptors (Lipinski definition) is 4. The largest absolute Gasteiger partial charge is 0.322 e. The van der Waals surface area contributed by atoms with Gasteiger partial charge in [-0.05, 0) is 52.9 Å². The number of nitrogens with zero attached hydrogens (tertiary/aromatic N) is 1. The molecule has 98 valence electrons. The number of carbonyl (C=O) groups is 1. The van der Waals surface area contributed by atoms with Crippen molar-refractivity contribution in [3.63, 3.8) is 0 Å². The van der Waals surface area contributed by atoms with E-state index < -0.39 is 0 Å². The number of pyridine rings is 1. The number of hydrogen-bond donors (Lipinski definition) is 3. The summed E-state index contributed by atoms with van der Waals surface area (Å²) in [5, 5.41) is 3.05. The molecule has 2 rings (SSSR count). The van der Waals surface area contributed by atoms with Crippen molar-refractivity contribution in [3.8, 4) is 0 Å². The molecule has 0 fully saturated rings. The Morgan fingerprint density at radius 1 is 1.32 bits per heavy atom. The van der Waals surface area contributed by atoms with Crippen LogP contribution < -0.4 is 16.6 Å². The highest BCUT2D eigenvalue weighted by Crippen LogP contribution is 2.20. The topological polar surface area (TPSA) is 80.0 Å². The highest BCUT2D eigenvalue weighted by Gasteiger charge is 2.09. The van der Waals surface area contributed by atoms with Crippen LogP contribution in [0.25, 0.3) is 0 Å². The molecule has 0 saturated heterocycles.